The van der Waals surface area contributed by atoms with E-state index in [1.165, 1.54) is 0 Å². The highest BCUT2D eigenvalue weighted by Gasteiger charge is 2.00. The van der Waals surface area contributed by atoms with Gasteiger partial charge in [0.15, 0.2) is 5.65 Å². The van der Waals surface area contributed by atoms with Gasteiger partial charge in [0, 0.05) is 18.9 Å². The highest BCUT2D eigenvalue weighted by atomic mass is 16.5. The molecule has 100 valence electrons. The minimum Gasteiger partial charge on any atom is -0.497 e. The summed E-state index contributed by atoms with van der Waals surface area (Å²) in [6.07, 6.45) is 3.30. The van der Waals surface area contributed by atoms with Crippen molar-refractivity contribution in [3.05, 3.63) is 54.4 Å². The molecule has 0 amide bonds. The molecule has 0 radical (unpaired) electrons. The van der Waals surface area contributed by atoms with E-state index in [9.17, 15) is 0 Å². The second kappa shape index (κ2) is 5.52. The number of ether oxygens (including phenoxy) is 1. The van der Waals surface area contributed by atoms with Crippen molar-refractivity contribution in [1.29, 1.82) is 0 Å². The molecular formula is C15H14N4O. The fourth-order valence-corrected chi connectivity index (χ4v) is 1.93. The second-order valence-corrected chi connectivity index (χ2v) is 4.30. The zero-order chi connectivity index (χ0) is 13.8. The molecule has 0 bridgehead atoms. The van der Waals surface area contributed by atoms with Crippen LogP contribution in [-0.4, -0.2) is 22.1 Å². The van der Waals surface area contributed by atoms with E-state index >= 15 is 0 Å². The maximum Gasteiger partial charge on any atom is 0.180 e. The largest absolute Gasteiger partial charge is 0.497 e. The van der Waals surface area contributed by atoms with Crippen LogP contribution in [0.25, 0.3) is 11.2 Å². The molecule has 0 fully saturated rings. The molecule has 0 saturated carbocycles. The molecule has 1 N–H and O–H groups in total. The lowest BCUT2D eigenvalue weighted by Crippen LogP contribution is -2.02. The monoisotopic (exact) mass is 266 g/mol. The predicted octanol–water partition coefficient (Wildman–Crippen LogP) is 2.65. The number of hydrogen-bond acceptors (Lipinski definition) is 5. The van der Waals surface area contributed by atoms with E-state index in [1.54, 1.807) is 19.5 Å². The highest BCUT2D eigenvalue weighted by molar-refractivity contribution is 5.71. The Kier molecular flexibility index (Phi) is 3.41. The molecule has 5 heteroatoms. The molecular weight excluding hydrogens is 252 g/mol. The summed E-state index contributed by atoms with van der Waals surface area (Å²) in [5, 5.41) is 3.27. The Morgan fingerprint density at radius 3 is 2.90 bits per heavy atom. The smallest absolute Gasteiger partial charge is 0.180 e. The van der Waals surface area contributed by atoms with Gasteiger partial charge in [-0.2, -0.15) is 0 Å². The van der Waals surface area contributed by atoms with Gasteiger partial charge in [-0.25, -0.2) is 9.97 Å². The highest BCUT2D eigenvalue weighted by Crippen LogP contribution is 2.15. The van der Waals surface area contributed by atoms with Crippen LogP contribution in [0.1, 0.15) is 5.56 Å². The van der Waals surface area contributed by atoms with E-state index < -0.39 is 0 Å². The van der Waals surface area contributed by atoms with E-state index in [0.29, 0.717) is 12.2 Å². The number of methoxy groups -OCH3 is 1. The van der Waals surface area contributed by atoms with E-state index in [-0.39, 0.29) is 0 Å². The van der Waals surface area contributed by atoms with Crippen LogP contribution >= 0.6 is 0 Å². The summed E-state index contributed by atoms with van der Waals surface area (Å²) in [6.45, 7) is 0.677. The molecule has 1 aromatic carbocycles. The summed E-state index contributed by atoms with van der Waals surface area (Å²) >= 11 is 0. The Morgan fingerprint density at radius 2 is 2.00 bits per heavy atom. The van der Waals surface area contributed by atoms with E-state index in [1.807, 2.05) is 36.4 Å². The minimum atomic E-state index is 0.642. The molecule has 0 aliphatic rings. The Balaban J connectivity index is 1.76. The molecule has 3 aromatic rings. The third-order valence-electron chi connectivity index (χ3n) is 2.94. The molecule has 0 spiro atoms. The van der Waals surface area contributed by atoms with Gasteiger partial charge >= 0.3 is 0 Å². The molecule has 20 heavy (non-hydrogen) atoms. The molecule has 5 nitrogen and oxygen atoms in total. The van der Waals surface area contributed by atoms with Crippen LogP contribution in [0.15, 0.2) is 48.8 Å². The summed E-state index contributed by atoms with van der Waals surface area (Å²) < 4.78 is 5.20. The molecule has 0 aliphatic carbocycles. The summed E-state index contributed by atoms with van der Waals surface area (Å²) in [5.74, 6) is 1.63. The van der Waals surface area contributed by atoms with Gasteiger partial charge in [-0.1, -0.05) is 12.1 Å². The standard InChI is InChI=1S/C15H14N4O/c1-20-12-4-2-3-11(9-12)10-18-14-6-5-13-15(19-14)17-8-7-16-13/h2-9H,10H2,1H3,(H,17,18,19). The molecule has 0 unspecified atom stereocenters. The Morgan fingerprint density at radius 1 is 1.10 bits per heavy atom. The van der Waals surface area contributed by atoms with Crippen molar-refractivity contribution >= 4 is 17.0 Å². The molecule has 0 atom stereocenters. The fourth-order valence-electron chi connectivity index (χ4n) is 1.93. The van der Waals surface area contributed by atoms with E-state index in [2.05, 4.69) is 20.3 Å². The van der Waals surface area contributed by atoms with Crippen molar-refractivity contribution in [2.75, 3.05) is 12.4 Å². The number of nitrogens with zero attached hydrogens (tertiary/aromatic N) is 3. The molecule has 0 saturated heterocycles. The van der Waals surface area contributed by atoms with E-state index in [4.69, 9.17) is 4.74 Å². The zero-order valence-corrected chi connectivity index (χ0v) is 11.1. The first kappa shape index (κ1) is 12.3. The van der Waals surface area contributed by atoms with Crippen LogP contribution in [0.3, 0.4) is 0 Å². The Hall–Kier alpha value is -2.69. The second-order valence-electron chi connectivity index (χ2n) is 4.30. The lowest BCUT2D eigenvalue weighted by atomic mass is 10.2. The van der Waals surface area contributed by atoms with Crippen LogP contribution in [0.5, 0.6) is 5.75 Å². The normalized spacial score (nSPS) is 10.4. The Bertz CT molecular complexity index is 730. The number of pyridine rings is 1. The number of benzene rings is 1. The van der Waals surface area contributed by atoms with Gasteiger partial charge in [0.05, 0.1) is 7.11 Å². The maximum absolute atomic E-state index is 5.20. The third-order valence-corrected chi connectivity index (χ3v) is 2.94. The average molecular weight is 266 g/mol. The van der Waals surface area contributed by atoms with Crippen LogP contribution < -0.4 is 10.1 Å². The van der Waals surface area contributed by atoms with Gasteiger partial charge < -0.3 is 10.1 Å². The van der Waals surface area contributed by atoms with Crippen molar-refractivity contribution in [3.8, 4) is 5.75 Å². The number of anilines is 1. The summed E-state index contributed by atoms with van der Waals surface area (Å²) in [6, 6.07) is 11.7. The first-order chi connectivity index (χ1) is 9.85. The predicted molar refractivity (Wildman–Crippen MR) is 77.7 cm³/mol. The number of nitrogens with one attached hydrogen (secondary N) is 1. The Labute approximate surface area is 116 Å². The van der Waals surface area contributed by atoms with Crippen LogP contribution in [-0.2, 0) is 6.54 Å². The molecule has 0 aliphatic heterocycles. The van der Waals surface area contributed by atoms with Gasteiger partial charge in [0.25, 0.3) is 0 Å². The quantitative estimate of drug-likeness (QED) is 0.786. The number of rotatable bonds is 4. The van der Waals surface area contributed by atoms with Gasteiger partial charge in [-0.15, -0.1) is 0 Å². The maximum atomic E-state index is 5.20. The van der Waals surface area contributed by atoms with Crippen molar-refractivity contribution < 1.29 is 4.74 Å². The van der Waals surface area contributed by atoms with Gasteiger partial charge in [-0.3, -0.25) is 4.98 Å². The van der Waals surface area contributed by atoms with Crippen molar-refractivity contribution in [2.45, 2.75) is 6.54 Å². The number of aromatic nitrogens is 3. The third kappa shape index (κ3) is 2.66. The van der Waals surface area contributed by atoms with Crippen molar-refractivity contribution in [3.63, 3.8) is 0 Å². The average Bonchev–Trinajstić information content (AvgIpc) is 2.53. The van der Waals surface area contributed by atoms with Crippen LogP contribution in [0, 0.1) is 0 Å². The molecule has 2 heterocycles. The number of hydrogen-bond donors (Lipinski definition) is 1. The SMILES string of the molecule is COc1cccc(CNc2ccc3nccnc3n2)c1. The first-order valence-corrected chi connectivity index (χ1v) is 6.30. The van der Waals surface area contributed by atoms with Gasteiger partial charge in [-0.05, 0) is 29.8 Å². The summed E-state index contributed by atoms with van der Waals surface area (Å²) in [4.78, 5) is 12.8. The molecule has 3 rings (SSSR count). The fraction of sp³-hybridized carbons (Fsp3) is 0.133. The van der Waals surface area contributed by atoms with Crippen LogP contribution in [0.2, 0.25) is 0 Å². The van der Waals surface area contributed by atoms with Crippen LogP contribution in [0.4, 0.5) is 5.82 Å². The lowest BCUT2D eigenvalue weighted by Gasteiger charge is -2.07. The summed E-state index contributed by atoms with van der Waals surface area (Å²) in [7, 11) is 1.66. The minimum absolute atomic E-state index is 0.642. The van der Waals surface area contributed by atoms with Crippen molar-refractivity contribution in [2.24, 2.45) is 0 Å². The van der Waals surface area contributed by atoms with E-state index in [0.717, 1.165) is 22.6 Å². The molecule has 2 aromatic heterocycles. The zero-order valence-electron chi connectivity index (χ0n) is 11.1. The number of fused-ring (bicyclic) bond motifs is 1. The summed E-state index contributed by atoms with van der Waals surface area (Å²) in [5.41, 5.74) is 2.56. The lowest BCUT2D eigenvalue weighted by molar-refractivity contribution is 0.414. The topological polar surface area (TPSA) is 59.9 Å². The van der Waals surface area contributed by atoms with Crippen molar-refractivity contribution in [1.82, 2.24) is 15.0 Å². The van der Waals surface area contributed by atoms with Gasteiger partial charge in [0.1, 0.15) is 17.1 Å². The van der Waals surface area contributed by atoms with Gasteiger partial charge in [0.2, 0.25) is 0 Å². The first-order valence-electron chi connectivity index (χ1n) is 6.30.